The minimum absolute atomic E-state index is 0.235. The minimum Gasteiger partial charge on any atom is -0.467 e. The number of rotatable bonds is 3. The van der Waals surface area contributed by atoms with Gasteiger partial charge in [-0.1, -0.05) is 6.07 Å². The van der Waals surface area contributed by atoms with Crippen LogP contribution in [0.25, 0.3) is 0 Å². The van der Waals surface area contributed by atoms with Gasteiger partial charge < -0.3 is 4.42 Å². The van der Waals surface area contributed by atoms with Gasteiger partial charge in [-0.05, 0) is 18.2 Å². The number of hydrogen-bond acceptors (Lipinski definition) is 3. The molecular weight excluding hydrogens is 214 g/mol. The van der Waals surface area contributed by atoms with E-state index in [1.807, 2.05) is 0 Å². The number of hydrazine groups is 1. The lowest BCUT2D eigenvalue weighted by Gasteiger charge is -2.14. The molecule has 3 nitrogen and oxygen atoms in total. The average Bonchev–Trinajstić information content (AvgIpc) is 2.75. The van der Waals surface area contributed by atoms with Crippen molar-refractivity contribution < 1.29 is 13.2 Å². The van der Waals surface area contributed by atoms with Crippen LogP contribution in [0.15, 0.2) is 41.0 Å². The third-order valence-electron chi connectivity index (χ3n) is 2.27. The fourth-order valence-corrected chi connectivity index (χ4v) is 1.52. The second-order valence-corrected chi connectivity index (χ2v) is 3.28. The maximum absolute atomic E-state index is 13.5. The van der Waals surface area contributed by atoms with E-state index >= 15 is 0 Å². The molecule has 0 saturated carbocycles. The molecule has 1 aromatic heterocycles. The molecule has 2 aromatic rings. The number of benzene rings is 1. The lowest BCUT2D eigenvalue weighted by Crippen LogP contribution is -2.29. The molecule has 0 aliphatic carbocycles. The lowest BCUT2D eigenvalue weighted by molar-refractivity contribution is 0.440. The largest absolute Gasteiger partial charge is 0.467 e. The van der Waals surface area contributed by atoms with Gasteiger partial charge in [-0.3, -0.25) is 5.84 Å². The Bertz CT molecular complexity index is 471. The maximum atomic E-state index is 13.5. The average molecular weight is 224 g/mol. The third kappa shape index (κ3) is 1.95. The van der Waals surface area contributed by atoms with Crippen LogP contribution < -0.4 is 11.3 Å². The molecule has 16 heavy (non-hydrogen) atoms. The van der Waals surface area contributed by atoms with E-state index in [9.17, 15) is 8.78 Å². The molecule has 84 valence electrons. The summed E-state index contributed by atoms with van der Waals surface area (Å²) in [7, 11) is 0. The number of hydrogen-bond donors (Lipinski definition) is 2. The quantitative estimate of drug-likeness (QED) is 0.620. The third-order valence-corrected chi connectivity index (χ3v) is 2.27. The van der Waals surface area contributed by atoms with Gasteiger partial charge in [0, 0.05) is 11.6 Å². The van der Waals surface area contributed by atoms with E-state index in [-0.39, 0.29) is 5.56 Å². The van der Waals surface area contributed by atoms with Crippen LogP contribution in [0.4, 0.5) is 8.78 Å². The first kappa shape index (κ1) is 10.8. The van der Waals surface area contributed by atoms with Crippen LogP contribution >= 0.6 is 0 Å². The number of furan rings is 1. The lowest BCUT2D eigenvalue weighted by atomic mass is 10.0. The summed E-state index contributed by atoms with van der Waals surface area (Å²) in [5.74, 6) is 4.50. The number of nitrogens with two attached hydrogens (primary N) is 1. The first-order valence-electron chi connectivity index (χ1n) is 4.67. The Labute approximate surface area is 90.8 Å². The standard InChI is InChI=1S/C11H10F2N2O/c12-7-3-4-8(9(13)6-7)11(15-14)10-2-1-5-16-10/h1-6,11,15H,14H2. The van der Waals surface area contributed by atoms with Gasteiger partial charge in [0.1, 0.15) is 23.4 Å². The van der Waals surface area contributed by atoms with Gasteiger partial charge in [0.05, 0.1) is 6.26 Å². The molecule has 0 spiro atoms. The highest BCUT2D eigenvalue weighted by atomic mass is 19.1. The molecule has 2 rings (SSSR count). The van der Waals surface area contributed by atoms with Crippen molar-refractivity contribution in [2.75, 3.05) is 0 Å². The van der Waals surface area contributed by atoms with Gasteiger partial charge in [-0.15, -0.1) is 0 Å². The number of nitrogens with one attached hydrogen (secondary N) is 1. The summed E-state index contributed by atoms with van der Waals surface area (Å²) in [6, 6.07) is 6.01. The van der Waals surface area contributed by atoms with Crippen molar-refractivity contribution in [3.63, 3.8) is 0 Å². The predicted octanol–water partition coefficient (Wildman–Crippen LogP) is 2.11. The van der Waals surface area contributed by atoms with Crippen LogP contribution in [0.5, 0.6) is 0 Å². The highest BCUT2D eigenvalue weighted by molar-refractivity contribution is 5.28. The van der Waals surface area contributed by atoms with Crippen molar-refractivity contribution in [1.29, 1.82) is 0 Å². The van der Waals surface area contributed by atoms with Crippen LogP contribution in [0.1, 0.15) is 17.4 Å². The molecule has 1 unspecified atom stereocenters. The Balaban J connectivity index is 2.41. The molecule has 1 heterocycles. The van der Waals surface area contributed by atoms with Gasteiger partial charge in [-0.2, -0.15) is 0 Å². The fraction of sp³-hybridized carbons (Fsp3) is 0.0909. The molecule has 3 N–H and O–H groups in total. The van der Waals surface area contributed by atoms with E-state index in [0.29, 0.717) is 5.76 Å². The highest BCUT2D eigenvalue weighted by Crippen LogP contribution is 2.24. The van der Waals surface area contributed by atoms with Gasteiger partial charge in [0.25, 0.3) is 0 Å². The molecular formula is C11H10F2N2O. The van der Waals surface area contributed by atoms with Crippen LogP contribution in [-0.4, -0.2) is 0 Å². The van der Waals surface area contributed by atoms with Crippen LogP contribution in [-0.2, 0) is 0 Å². The maximum Gasteiger partial charge on any atom is 0.131 e. The van der Waals surface area contributed by atoms with Crippen molar-refractivity contribution in [3.8, 4) is 0 Å². The van der Waals surface area contributed by atoms with Crippen molar-refractivity contribution in [2.24, 2.45) is 5.84 Å². The zero-order valence-electron chi connectivity index (χ0n) is 8.28. The normalized spacial score (nSPS) is 12.7. The summed E-state index contributed by atoms with van der Waals surface area (Å²) in [5, 5.41) is 0. The molecule has 5 heteroatoms. The van der Waals surface area contributed by atoms with E-state index in [1.54, 1.807) is 12.1 Å². The Hall–Kier alpha value is -1.72. The summed E-state index contributed by atoms with van der Waals surface area (Å²) < 4.78 is 31.4. The van der Waals surface area contributed by atoms with Crippen molar-refractivity contribution >= 4 is 0 Å². The van der Waals surface area contributed by atoms with Crippen molar-refractivity contribution in [2.45, 2.75) is 6.04 Å². The van der Waals surface area contributed by atoms with E-state index in [2.05, 4.69) is 5.43 Å². The van der Waals surface area contributed by atoms with Gasteiger partial charge in [-0.25, -0.2) is 14.2 Å². The Morgan fingerprint density at radius 2 is 2.06 bits per heavy atom. The fourth-order valence-electron chi connectivity index (χ4n) is 1.52. The molecule has 1 aromatic carbocycles. The molecule has 0 aliphatic rings. The van der Waals surface area contributed by atoms with Crippen molar-refractivity contribution in [3.05, 3.63) is 59.6 Å². The molecule has 0 radical (unpaired) electrons. The first-order valence-corrected chi connectivity index (χ1v) is 4.67. The van der Waals surface area contributed by atoms with Gasteiger partial charge in [0.2, 0.25) is 0 Å². The zero-order valence-corrected chi connectivity index (χ0v) is 8.28. The minimum atomic E-state index is -0.667. The molecule has 1 atom stereocenters. The molecule has 0 amide bonds. The summed E-state index contributed by atoms with van der Waals surface area (Å²) >= 11 is 0. The Morgan fingerprint density at radius 1 is 1.25 bits per heavy atom. The van der Waals surface area contributed by atoms with E-state index in [4.69, 9.17) is 10.3 Å². The first-order chi connectivity index (χ1) is 7.72. The van der Waals surface area contributed by atoms with Gasteiger partial charge >= 0.3 is 0 Å². The molecule has 0 aliphatic heterocycles. The van der Waals surface area contributed by atoms with Crippen LogP contribution in [0.2, 0.25) is 0 Å². The Kier molecular flexibility index (Phi) is 2.98. The number of halogens is 2. The van der Waals surface area contributed by atoms with Crippen LogP contribution in [0, 0.1) is 11.6 Å². The SMILES string of the molecule is NNC(c1ccco1)c1ccc(F)cc1F. The monoisotopic (exact) mass is 224 g/mol. The van der Waals surface area contributed by atoms with Gasteiger partial charge in [0.15, 0.2) is 0 Å². The molecule has 0 fully saturated rings. The molecule has 0 saturated heterocycles. The smallest absolute Gasteiger partial charge is 0.131 e. The Morgan fingerprint density at radius 3 is 2.62 bits per heavy atom. The molecule has 0 bridgehead atoms. The zero-order chi connectivity index (χ0) is 11.5. The second kappa shape index (κ2) is 4.42. The van der Waals surface area contributed by atoms with Crippen LogP contribution in [0.3, 0.4) is 0 Å². The topological polar surface area (TPSA) is 51.2 Å². The summed E-state index contributed by atoms with van der Waals surface area (Å²) in [6.45, 7) is 0. The second-order valence-electron chi connectivity index (χ2n) is 3.28. The summed E-state index contributed by atoms with van der Waals surface area (Å²) in [6.07, 6.45) is 1.46. The highest BCUT2D eigenvalue weighted by Gasteiger charge is 2.19. The van der Waals surface area contributed by atoms with E-state index in [1.165, 1.54) is 18.4 Å². The summed E-state index contributed by atoms with van der Waals surface area (Å²) in [5.41, 5.74) is 2.66. The van der Waals surface area contributed by atoms with Crippen molar-refractivity contribution in [1.82, 2.24) is 5.43 Å². The van der Waals surface area contributed by atoms with E-state index < -0.39 is 17.7 Å². The predicted molar refractivity (Wildman–Crippen MR) is 54.2 cm³/mol. The van der Waals surface area contributed by atoms with E-state index in [0.717, 1.165) is 6.07 Å². The summed E-state index contributed by atoms with van der Waals surface area (Å²) in [4.78, 5) is 0.